The molecule has 2 aromatic heterocycles. The van der Waals surface area contributed by atoms with Crippen LogP contribution in [-0.2, 0) is 24.9 Å². The Morgan fingerprint density at radius 1 is 0.775 bits per heavy atom. The number of fused-ring (bicyclic) bond motifs is 2. The Labute approximate surface area is 227 Å². The quantitative estimate of drug-likeness (QED) is 0.236. The number of halogens is 3. The van der Waals surface area contributed by atoms with Gasteiger partial charge in [0.1, 0.15) is 11.6 Å². The van der Waals surface area contributed by atoms with E-state index in [4.69, 9.17) is 4.98 Å². The number of benzene rings is 4. The van der Waals surface area contributed by atoms with Crippen LogP contribution in [0, 0.1) is 0 Å². The van der Waals surface area contributed by atoms with Crippen LogP contribution < -0.4 is 4.90 Å². The lowest BCUT2D eigenvalue weighted by Crippen LogP contribution is -2.41. The molecule has 0 radical (unpaired) electrons. The molecule has 0 bridgehead atoms. The molecule has 0 saturated heterocycles. The number of carbonyl (C=O) groups excluding carboxylic acids is 1. The highest BCUT2D eigenvalue weighted by atomic mass is 19.4. The molecule has 0 atom stereocenters. The number of anilines is 1. The minimum absolute atomic E-state index is 0.115. The Kier molecular flexibility index (Phi) is 6.34. The molecule has 6 rings (SSSR count). The zero-order chi connectivity index (χ0) is 27.9. The SMILES string of the molecule is Cn1c(CN(C(=O)C(F)(F)F)c2ccc(-c3nc4ccccc4n3Cc3ccccc3)cc2)nc2ccccc21. The highest BCUT2D eigenvalue weighted by Gasteiger charge is 2.43. The second-order valence-corrected chi connectivity index (χ2v) is 9.51. The lowest BCUT2D eigenvalue weighted by molar-refractivity contribution is -0.170. The molecule has 9 heteroatoms. The van der Waals surface area contributed by atoms with Gasteiger partial charge in [-0.3, -0.25) is 9.69 Å². The predicted molar refractivity (Wildman–Crippen MR) is 149 cm³/mol. The van der Waals surface area contributed by atoms with Crippen LogP contribution in [0.2, 0.25) is 0 Å². The number of hydrogen-bond acceptors (Lipinski definition) is 3. The standard InChI is InChI=1S/C31H24F3N5O/c1-37-26-13-7-5-11-24(26)35-28(37)20-38(30(40)31(32,33)34)23-17-15-22(16-18-23)29-36-25-12-6-8-14-27(25)39(29)19-21-9-3-2-4-10-21/h2-18H,19-20H2,1H3. The fraction of sp³-hybridized carbons (Fsp3) is 0.129. The number of hydrogen-bond donors (Lipinski definition) is 0. The molecular formula is C31H24F3N5O. The van der Waals surface area contributed by atoms with Gasteiger partial charge in [0, 0.05) is 24.8 Å². The van der Waals surface area contributed by atoms with E-state index in [1.54, 1.807) is 29.8 Å². The van der Waals surface area contributed by atoms with Gasteiger partial charge in [0.25, 0.3) is 0 Å². The Bertz CT molecular complexity index is 1820. The van der Waals surface area contributed by atoms with E-state index < -0.39 is 12.1 Å². The van der Waals surface area contributed by atoms with Crippen LogP contribution in [0.1, 0.15) is 11.4 Å². The smallest absolute Gasteiger partial charge is 0.330 e. The number of aryl methyl sites for hydroxylation is 1. The van der Waals surface area contributed by atoms with Gasteiger partial charge in [-0.15, -0.1) is 0 Å². The molecule has 1 amide bonds. The zero-order valence-electron chi connectivity index (χ0n) is 21.5. The molecule has 0 aliphatic carbocycles. The highest BCUT2D eigenvalue weighted by molar-refractivity contribution is 5.97. The van der Waals surface area contributed by atoms with Crippen LogP contribution in [-0.4, -0.2) is 31.2 Å². The van der Waals surface area contributed by atoms with Crippen molar-refractivity contribution in [2.24, 2.45) is 7.05 Å². The van der Waals surface area contributed by atoms with Gasteiger partial charge in [-0.2, -0.15) is 13.2 Å². The number of para-hydroxylation sites is 4. The van der Waals surface area contributed by atoms with E-state index in [0.717, 1.165) is 32.6 Å². The van der Waals surface area contributed by atoms with Crippen molar-refractivity contribution in [1.82, 2.24) is 19.1 Å². The summed E-state index contributed by atoms with van der Waals surface area (Å²) in [7, 11) is 1.72. The molecule has 0 fully saturated rings. The van der Waals surface area contributed by atoms with E-state index in [-0.39, 0.29) is 12.2 Å². The Hall–Kier alpha value is -4.92. The van der Waals surface area contributed by atoms with Gasteiger partial charge < -0.3 is 9.13 Å². The van der Waals surface area contributed by atoms with Gasteiger partial charge in [-0.05, 0) is 54.1 Å². The van der Waals surface area contributed by atoms with Crippen molar-refractivity contribution in [3.05, 3.63) is 115 Å². The van der Waals surface area contributed by atoms with Crippen LogP contribution in [0.25, 0.3) is 33.5 Å². The first-order valence-corrected chi connectivity index (χ1v) is 12.7. The Balaban J connectivity index is 1.38. The lowest BCUT2D eigenvalue weighted by atomic mass is 10.1. The van der Waals surface area contributed by atoms with Gasteiger partial charge in [-0.1, -0.05) is 54.6 Å². The molecule has 4 aromatic carbocycles. The average Bonchev–Trinajstić information content (AvgIpc) is 3.49. The van der Waals surface area contributed by atoms with Crippen LogP contribution in [0.15, 0.2) is 103 Å². The van der Waals surface area contributed by atoms with E-state index in [1.807, 2.05) is 72.8 Å². The van der Waals surface area contributed by atoms with Crippen molar-refractivity contribution in [3.63, 3.8) is 0 Å². The minimum atomic E-state index is -5.05. The first kappa shape index (κ1) is 25.4. The fourth-order valence-corrected chi connectivity index (χ4v) is 4.92. The summed E-state index contributed by atoms with van der Waals surface area (Å²) in [6, 6.07) is 31.4. The van der Waals surface area contributed by atoms with Crippen LogP contribution in [0.3, 0.4) is 0 Å². The van der Waals surface area contributed by atoms with Crippen molar-refractivity contribution in [2.75, 3.05) is 4.90 Å². The van der Waals surface area contributed by atoms with Gasteiger partial charge in [0.15, 0.2) is 0 Å². The van der Waals surface area contributed by atoms with Crippen LogP contribution in [0.5, 0.6) is 0 Å². The summed E-state index contributed by atoms with van der Waals surface area (Å²) in [5, 5.41) is 0. The summed E-state index contributed by atoms with van der Waals surface area (Å²) in [5.41, 5.74) is 5.10. The van der Waals surface area contributed by atoms with Crippen molar-refractivity contribution >= 4 is 33.7 Å². The summed E-state index contributed by atoms with van der Waals surface area (Å²) >= 11 is 0. The monoisotopic (exact) mass is 539 g/mol. The third-order valence-electron chi connectivity index (χ3n) is 6.94. The van der Waals surface area contributed by atoms with Crippen LogP contribution >= 0.6 is 0 Å². The molecule has 0 unspecified atom stereocenters. The summed E-state index contributed by atoms with van der Waals surface area (Å²) in [4.78, 5) is 22.6. The number of aromatic nitrogens is 4. The molecule has 0 N–H and O–H groups in total. The van der Waals surface area contributed by atoms with Gasteiger partial charge in [-0.25, -0.2) is 9.97 Å². The molecule has 2 heterocycles. The van der Waals surface area contributed by atoms with Crippen molar-refractivity contribution < 1.29 is 18.0 Å². The van der Waals surface area contributed by atoms with E-state index in [9.17, 15) is 18.0 Å². The number of nitrogens with zero attached hydrogens (tertiary/aromatic N) is 5. The number of imidazole rings is 2. The van der Waals surface area contributed by atoms with Crippen molar-refractivity contribution in [1.29, 1.82) is 0 Å². The number of alkyl halides is 3. The van der Waals surface area contributed by atoms with E-state index >= 15 is 0 Å². The minimum Gasteiger partial charge on any atom is -0.330 e. The normalized spacial score (nSPS) is 11.8. The Morgan fingerprint density at radius 2 is 1.38 bits per heavy atom. The molecule has 40 heavy (non-hydrogen) atoms. The molecular weight excluding hydrogens is 515 g/mol. The zero-order valence-corrected chi connectivity index (χ0v) is 21.5. The predicted octanol–water partition coefficient (Wildman–Crippen LogP) is 6.73. The summed E-state index contributed by atoms with van der Waals surface area (Å²) in [6.45, 7) is 0.235. The average molecular weight is 540 g/mol. The maximum Gasteiger partial charge on any atom is 0.471 e. The first-order valence-electron chi connectivity index (χ1n) is 12.7. The first-order chi connectivity index (χ1) is 19.3. The molecule has 6 nitrogen and oxygen atoms in total. The van der Waals surface area contributed by atoms with E-state index in [0.29, 0.717) is 23.7 Å². The number of carbonyl (C=O) groups is 1. The summed E-state index contributed by atoms with van der Waals surface area (Å²) in [5.74, 6) is -0.934. The molecule has 0 saturated carbocycles. The maximum atomic E-state index is 13.7. The molecule has 200 valence electrons. The molecule has 0 aliphatic heterocycles. The van der Waals surface area contributed by atoms with Gasteiger partial charge in [0.2, 0.25) is 0 Å². The second kappa shape index (κ2) is 10.00. The molecule has 6 aromatic rings. The molecule has 0 aliphatic rings. The number of rotatable bonds is 6. The largest absolute Gasteiger partial charge is 0.471 e. The second-order valence-electron chi connectivity index (χ2n) is 9.51. The van der Waals surface area contributed by atoms with Crippen LogP contribution in [0.4, 0.5) is 18.9 Å². The Morgan fingerprint density at radius 3 is 2.02 bits per heavy atom. The van der Waals surface area contributed by atoms with E-state index in [1.165, 1.54) is 12.1 Å². The third-order valence-corrected chi connectivity index (χ3v) is 6.94. The van der Waals surface area contributed by atoms with Gasteiger partial charge in [0.05, 0.1) is 28.6 Å². The van der Waals surface area contributed by atoms with E-state index in [2.05, 4.69) is 9.55 Å². The maximum absolute atomic E-state index is 13.7. The number of amides is 1. The third kappa shape index (κ3) is 4.70. The topological polar surface area (TPSA) is 56.0 Å². The summed E-state index contributed by atoms with van der Waals surface area (Å²) in [6.07, 6.45) is -5.05. The molecule has 0 spiro atoms. The lowest BCUT2D eigenvalue weighted by Gasteiger charge is -2.24. The van der Waals surface area contributed by atoms with Crippen molar-refractivity contribution in [2.45, 2.75) is 19.3 Å². The van der Waals surface area contributed by atoms with Gasteiger partial charge >= 0.3 is 12.1 Å². The van der Waals surface area contributed by atoms with Crippen molar-refractivity contribution in [3.8, 4) is 11.4 Å². The highest BCUT2D eigenvalue weighted by Crippen LogP contribution is 2.30. The summed E-state index contributed by atoms with van der Waals surface area (Å²) < 4.78 is 44.8. The fourth-order valence-electron chi connectivity index (χ4n) is 4.92.